The van der Waals surface area contributed by atoms with Crippen LogP contribution in [0.4, 0.5) is 11.4 Å². The summed E-state index contributed by atoms with van der Waals surface area (Å²) in [6.45, 7) is 2.73. The third-order valence-corrected chi connectivity index (χ3v) is 5.92. The Morgan fingerprint density at radius 1 is 1.18 bits per heavy atom. The predicted octanol–water partition coefficient (Wildman–Crippen LogP) is 3.43. The molecule has 142 valence electrons. The van der Waals surface area contributed by atoms with Crippen molar-refractivity contribution in [3.63, 3.8) is 0 Å². The molecular weight excluding hydrogens is 358 g/mol. The van der Waals surface area contributed by atoms with Gasteiger partial charge in [-0.2, -0.15) is 0 Å². The van der Waals surface area contributed by atoms with Gasteiger partial charge in [-0.25, -0.2) is 0 Å². The molecule has 0 saturated carbocycles. The van der Waals surface area contributed by atoms with Crippen molar-refractivity contribution >= 4 is 23.2 Å². The third-order valence-electron chi connectivity index (χ3n) is 5.92. The van der Waals surface area contributed by atoms with Gasteiger partial charge in [-0.1, -0.05) is 23.4 Å². The van der Waals surface area contributed by atoms with Gasteiger partial charge in [-0.15, -0.1) is 0 Å². The summed E-state index contributed by atoms with van der Waals surface area (Å²) < 4.78 is 10.2. The molecule has 1 spiro atoms. The molecule has 1 fully saturated rings. The van der Waals surface area contributed by atoms with Crippen LogP contribution in [0.15, 0.2) is 58.0 Å². The lowest BCUT2D eigenvalue weighted by atomic mass is 9.73. The Morgan fingerprint density at radius 3 is 2.64 bits per heavy atom. The van der Waals surface area contributed by atoms with E-state index in [-0.39, 0.29) is 11.8 Å². The Morgan fingerprint density at radius 2 is 1.96 bits per heavy atom. The number of amides is 2. The van der Waals surface area contributed by atoms with Crippen LogP contribution in [0, 0.1) is 6.92 Å². The van der Waals surface area contributed by atoms with Crippen molar-refractivity contribution in [1.29, 1.82) is 0 Å². The van der Waals surface area contributed by atoms with Crippen LogP contribution in [0.2, 0.25) is 0 Å². The number of aromatic nitrogens is 1. The number of hydrogen-bond donors (Lipinski definition) is 0. The molecule has 0 unspecified atom stereocenters. The number of para-hydroxylation sites is 1. The minimum Gasteiger partial charge on any atom is -0.470 e. The molecule has 0 atom stereocenters. The van der Waals surface area contributed by atoms with Crippen LogP contribution in [-0.2, 0) is 10.2 Å². The van der Waals surface area contributed by atoms with Crippen molar-refractivity contribution in [3.05, 3.63) is 65.9 Å². The van der Waals surface area contributed by atoms with Crippen molar-refractivity contribution in [3.8, 4) is 0 Å². The first kappa shape index (κ1) is 16.8. The fourth-order valence-corrected chi connectivity index (χ4v) is 4.40. The molecule has 28 heavy (non-hydrogen) atoms. The lowest BCUT2D eigenvalue weighted by molar-refractivity contribution is -0.124. The van der Waals surface area contributed by atoms with Crippen LogP contribution in [-0.4, -0.2) is 35.0 Å². The molecule has 2 aromatic heterocycles. The number of anilines is 2. The van der Waals surface area contributed by atoms with Crippen molar-refractivity contribution in [2.75, 3.05) is 18.0 Å². The van der Waals surface area contributed by atoms with Gasteiger partial charge in [0.15, 0.2) is 0 Å². The van der Waals surface area contributed by atoms with Gasteiger partial charge in [-0.3, -0.25) is 14.5 Å². The summed E-state index contributed by atoms with van der Waals surface area (Å²) in [4.78, 5) is 29.8. The maximum absolute atomic E-state index is 13.6. The Kier molecular flexibility index (Phi) is 3.65. The molecule has 1 saturated heterocycles. The SMILES string of the molecule is Cc1oncc1C(=O)N1CCC2(CC1)C(=O)N(c1ccoc1)c1ccccc12. The maximum atomic E-state index is 13.6. The average molecular weight is 377 g/mol. The molecule has 7 nitrogen and oxygen atoms in total. The zero-order chi connectivity index (χ0) is 19.3. The third kappa shape index (κ3) is 2.25. The van der Waals surface area contributed by atoms with E-state index in [1.807, 2.05) is 24.3 Å². The van der Waals surface area contributed by atoms with Crippen LogP contribution in [0.1, 0.15) is 34.5 Å². The summed E-state index contributed by atoms with van der Waals surface area (Å²) in [6, 6.07) is 9.68. The van der Waals surface area contributed by atoms with Gasteiger partial charge in [0.05, 0.1) is 29.2 Å². The highest BCUT2D eigenvalue weighted by molar-refractivity contribution is 6.13. The number of fused-ring (bicyclic) bond motifs is 2. The molecule has 2 aliphatic rings. The van der Waals surface area contributed by atoms with Crippen LogP contribution in [0.25, 0.3) is 0 Å². The quantitative estimate of drug-likeness (QED) is 0.684. The lowest BCUT2D eigenvalue weighted by Gasteiger charge is -2.38. The molecule has 0 N–H and O–H groups in total. The Balaban J connectivity index is 1.46. The number of aryl methyl sites for hydroxylation is 1. The van der Waals surface area contributed by atoms with E-state index in [9.17, 15) is 9.59 Å². The van der Waals surface area contributed by atoms with Crippen molar-refractivity contribution < 1.29 is 18.5 Å². The van der Waals surface area contributed by atoms with Crippen molar-refractivity contribution in [2.45, 2.75) is 25.2 Å². The number of piperidine rings is 1. The maximum Gasteiger partial charge on any atom is 0.259 e. The number of furan rings is 1. The molecule has 0 aliphatic carbocycles. The van der Waals surface area contributed by atoms with Crippen LogP contribution in [0.5, 0.6) is 0 Å². The Hall–Kier alpha value is -3.35. The smallest absolute Gasteiger partial charge is 0.259 e. The zero-order valence-electron chi connectivity index (χ0n) is 15.4. The summed E-state index contributed by atoms with van der Waals surface area (Å²) in [5.74, 6) is 0.459. The first-order valence-electron chi connectivity index (χ1n) is 9.29. The number of benzene rings is 1. The molecule has 7 heteroatoms. The van der Waals surface area contributed by atoms with E-state index in [2.05, 4.69) is 5.16 Å². The number of carbonyl (C=O) groups excluding carboxylic acids is 2. The van der Waals surface area contributed by atoms with Crippen LogP contribution < -0.4 is 4.90 Å². The van der Waals surface area contributed by atoms with E-state index in [4.69, 9.17) is 8.94 Å². The molecule has 2 aliphatic heterocycles. The molecule has 2 amide bonds. The summed E-state index contributed by atoms with van der Waals surface area (Å²) in [5.41, 5.74) is 2.51. The standard InChI is InChI=1S/C21H19N3O4/c1-14-16(12-22-28-14)19(25)23-9-7-21(8-10-23)17-4-2-3-5-18(17)24(20(21)26)15-6-11-27-13-15/h2-6,11-13H,7-10H2,1H3. The van der Waals surface area contributed by atoms with E-state index in [0.29, 0.717) is 37.3 Å². The van der Waals surface area contributed by atoms with E-state index in [0.717, 1.165) is 16.9 Å². The van der Waals surface area contributed by atoms with Crippen LogP contribution >= 0.6 is 0 Å². The monoisotopic (exact) mass is 377 g/mol. The second-order valence-corrected chi connectivity index (χ2v) is 7.31. The van der Waals surface area contributed by atoms with E-state index < -0.39 is 5.41 Å². The topological polar surface area (TPSA) is 79.8 Å². The molecule has 0 radical (unpaired) electrons. The van der Waals surface area contributed by atoms with Gasteiger partial charge in [0, 0.05) is 19.2 Å². The first-order chi connectivity index (χ1) is 13.6. The molecule has 0 bridgehead atoms. The highest BCUT2D eigenvalue weighted by Gasteiger charge is 2.53. The second-order valence-electron chi connectivity index (χ2n) is 7.31. The van der Waals surface area contributed by atoms with E-state index >= 15 is 0 Å². The average Bonchev–Trinajstić information content (AvgIpc) is 3.44. The number of hydrogen-bond acceptors (Lipinski definition) is 5. The zero-order valence-corrected chi connectivity index (χ0v) is 15.4. The van der Waals surface area contributed by atoms with Gasteiger partial charge >= 0.3 is 0 Å². The summed E-state index contributed by atoms with van der Waals surface area (Å²) in [6.07, 6.45) is 5.76. The second kappa shape index (κ2) is 6.09. The van der Waals surface area contributed by atoms with Gasteiger partial charge in [0.2, 0.25) is 5.91 Å². The number of carbonyl (C=O) groups is 2. The largest absolute Gasteiger partial charge is 0.470 e. The molecule has 3 aromatic rings. The molecule has 5 rings (SSSR count). The van der Waals surface area contributed by atoms with Gasteiger partial charge in [0.1, 0.15) is 17.6 Å². The highest BCUT2D eigenvalue weighted by Crippen LogP contribution is 2.50. The fraction of sp³-hybridized carbons (Fsp3) is 0.286. The van der Waals surface area contributed by atoms with E-state index in [1.54, 1.807) is 35.3 Å². The van der Waals surface area contributed by atoms with E-state index in [1.165, 1.54) is 6.20 Å². The first-order valence-corrected chi connectivity index (χ1v) is 9.29. The van der Waals surface area contributed by atoms with Crippen molar-refractivity contribution in [1.82, 2.24) is 10.1 Å². The van der Waals surface area contributed by atoms with Crippen LogP contribution in [0.3, 0.4) is 0 Å². The normalized spacial score (nSPS) is 18.0. The van der Waals surface area contributed by atoms with Crippen molar-refractivity contribution in [2.24, 2.45) is 0 Å². The summed E-state index contributed by atoms with van der Waals surface area (Å²) >= 11 is 0. The Labute approximate surface area is 161 Å². The minimum absolute atomic E-state index is 0.0448. The summed E-state index contributed by atoms with van der Waals surface area (Å²) in [5, 5.41) is 3.70. The van der Waals surface area contributed by atoms with Gasteiger partial charge < -0.3 is 13.8 Å². The molecular formula is C21H19N3O4. The fourth-order valence-electron chi connectivity index (χ4n) is 4.40. The lowest BCUT2D eigenvalue weighted by Crippen LogP contribution is -2.49. The Bertz CT molecular complexity index is 1050. The van der Waals surface area contributed by atoms with Gasteiger partial charge in [-0.05, 0) is 31.4 Å². The number of nitrogens with zero attached hydrogens (tertiary/aromatic N) is 3. The molecule has 1 aromatic carbocycles. The minimum atomic E-state index is -0.617. The number of likely N-dealkylation sites (tertiary alicyclic amines) is 1. The highest BCUT2D eigenvalue weighted by atomic mass is 16.5. The number of rotatable bonds is 2. The van der Waals surface area contributed by atoms with Gasteiger partial charge in [0.25, 0.3) is 5.91 Å². The predicted molar refractivity (Wildman–Crippen MR) is 100 cm³/mol. The summed E-state index contributed by atoms with van der Waals surface area (Å²) in [7, 11) is 0. The molecule has 4 heterocycles.